The van der Waals surface area contributed by atoms with E-state index in [-0.39, 0.29) is 17.7 Å². The highest BCUT2D eigenvalue weighted by Gasteiger charge is 2.38. The second-order valence-electron chi connectivity index (χ2n) is 4.72. The smallest absolute Gasteiger partial charge is 0.223 e. The number of carbonyl (C=O) groups is 2. The van der Waals surface area contributed by atoms with Gasteiger partial charge in [0.1, 0.15) is 0 Å². The van der Waals surface area contributed by atoms with Crippen molar-refractivity contribution in [1.29, 1.82) is 0 Å². The van der Waals surface area contributed by atoms with Crippen LogP contribution in [0, 0.1) is 11.8 Å². The monoisotopic (exact) mass is 250 g/mol. The van der Waals surface area contributed by atoms with Gasteiger partial charge in [0.05, 0.1) is 12.2 Å². The van der Waals surface area contributed by atoms with Gasteiger partial charge in [0.15, 0.2) is 0 Å². The Labute approximate surface area is 106 Å². The Bertz CT molecular complexity index is 416. The lowest BCUT2D eigenvalue weighted by Gasteiger charge is -2.05. The van der Waals surface area contributed by atoms with Gasteiger partial charge >= 0.3 is 0 Å². The van der Waals surface area contributed by atoms with E-state index in [9.17, 15) is 9.59 Å². The molecule has 0 spiro atoms. The fourth-order valence-electron chi connectivity index (χ4n) is 1.78. The maximum absolute atomic E-state index is 11.5. The lowest BCUT2D eigenvalue weighted by molar-refractivity contribution is -0.123. The number of hydrogen-bond acceptors (Lipinski definition) is 3. The molecular weight excluding hydrogens is 232 g/mol. The molecule has 1 aliphatic rings. The third-order valence-corrected chi connectivity index (χ3v) is 3.13. The zero-order chi connectivity index (χ0) is 13.0. The SMILES string of the molecule is CC1CC1C(=O)NCCC(=O)NCc1ccn[nH]1. The summed E-state index contributed by atoms with van der Waals surface area (Å²) in [5.41, 5.74) is 0.860. The molecule has 0 aliphatic heterocycles. The van der Waals surface area contributed by atoms with Gasteiger partial charge in [-0.25, -0.2) is 0 Å². The number of nitrogens with one attached hydrogen (secondary N) is 3. The molecule has 3 N–H and O–H groups in total. The van der Waals surface area contributed by atoms with E-state index in [0.717, 1.165) is 12.1 Å². The standard InChI is InChI=1S/C12H18N4O2/c1-8-6-10(8)12(18)13-4-3-11(17)14-7-9-2-5-15-16-9/h2,5,8,10H,3-4,6-7H2,1H3,(H,13,18)(H,14,17)(H,15,16). The number of carbonyl (C=O) groups excluding carboxylic acids is 2. The molecular formula is C12H18N4O2. The van der Waals surface area contributed by atoms with Crippen molar-refractivity contribution in [2.45, 2.75) is 26.3 Å². The van der Waals surface area contributed by atoms with E-state index >= 15 is 0 Å². The molecule has 1 aliphatic carbocycles. The van der Waals surface area contributed by atoms with Gasteiger partial charge in [0.25, 0.3) is 0 Å². The third-order valence-electron chi connectivity index (χ3n) is 3.13. The Balaban J connectivity index is 1.56. The Kier molecular flexibility index (Phi) is 3.96. The average molecular weight is 250 g/mol. The molecule has 2 amide bonds. The number of hydrogen-bond donors (Lipinski definition) is 3. The summed E-state index contributed by atoms with van der Waals surface area (Å²) < 4.78 is 0. The molecule has 1 aromatic rings. The van der Waals surface area contributed by atoms with Crippen molar-refractivity contribution in [2.24, 2.45) is 11.8 Å². The second kappa shape index (κ2) is 5.66. The minimum absolute atomic E-state index is 0.0730. The molecule has 1 aromatic heterocycles. The first-order valence-electron chi connectivity index (χ1n) is 6.19. The molecule has 0 bridgehead atoms. The van der Waals surface area contributed by atoms with Crippen molar-refractivity contribution in [1.82, 2.24) is 20.8 Å². The summed E-state index contributed by atoms with van der Waals surface area (Å²) in [6, 6.07) is 1.80. The molecule has 6 nitrogen and oxygen atoms in total. The number of nitrogens with zero attached hydrogens (tertiary/aromatic N) is 1. The molecule has 0 radical (unpaired) electrons. The topological polar surface area (TPSA) is 86.9 Å². The van der Waals surface area contributed by atoms with Crippen LogP contribution in [0.2, 0.25) is 0 Å². The minimum Gasteiger partial charge on any atom is -0.355 e. The third kappa shape index (κ3) is 3.58. The van der Waals surface area contributed by atoms with Gasteiger partial charge in [-0.15, -0.1) is 0 Å². The average Bonchev–Trinajstić information content (AvgIpc) is 2.88. The Hall–Kier alpha value is -1.85. The molecule has 1 heterocycles. The highest BCUT2D eigenvalue weighted by molar-refractivity contribution is 5.82. The fourth-order valence-corrected chi connectivity index (χ4v) is 1.78. The van der Waals surface area contributed by atoms with Crippen molar-refractivity contribution in [2.75, 3.05) is 6.54 Å². The molecule has 6 heteroatoms. The first-order chi connectivity index (χ1) is 8.66. The highest BCUT2D eigenvalue weighted by Crippen LogP contribution is 2.37. The van der Waals surface area contributed by atoms with Crippen molar-refractivity contribution < 1.29 is 9.59 Å². The van der Waals surface area contributed by atoms with E-state index in [0.29, 0.717) is 25.4 Å². The quantitative estimate of drug-likeness (QED) is 0.673. The van der Waals surface area contributed by atoms with E-state index in [2.05, 4.69) is 27.8 Å². The van der Waals surface area contributed by atoms with Crippen LogP contribution < -0.4 is 10.6 Å². The van der Waals surface area contributed by atoms with Crippen LogP contribution in [0.4, 0.5) is 0 Å². The predicted octanol–water partition coefficient (Wildman–Crippen LogP) is 0.188. The van der Waals surface area contributed by atoms with Crippen LogP contribution in [0.15, 0.2) is 12.3 Å². The normalized spacial score (nSPS) is 21.4. The molecule has 0 aromatic carbocycles. The van der Waals surface area contributed by atoms with Gasteiger partial charge in [-0.05, 0) is 18.4 Å². The molecule has 2 rings (SSSR count). The lowest BCUT2D eigenvalue weighted by atomic mass is 10.3. The summed E-state index contributed by atoms with van der Waals surface area (Å²) >= 11 is 0. The van der Waals surface area contributed by atoms with Gasteiger partial charge in [-0.1, -0.05) is 6.92 Å². The van der Waals surface area contributed by atoms with Crippen molar-refractivity contribution >= 4 is 11.8 Å². The molecule has 2 unspecified atom stereocenters. The summed E-state index contributed by atoms with van der Waals surface area (Å²) in [7, 11) is 0. The van der Waals surface area contributed by atoms with Crippen LogP contribution in [0.3, 0.4) is 0 Å². The van der Waals surface area contributed by atoms with Crippen LogP contribution in [0.5, 0.6) is 0 Å². The summed E-state index contributed by atoms with van der Waals surface area (Å²) in [5, 5.41) is 12.1. The van der Waals surface area contributed by atoms with Gasteiger partial charge in [-0.2, -0.15) is 5.10 Å². The second-order valence-corrected chi connectivity index (χ2v) is 4.72. The van der Waals surface area contributed by atoms with Gasteiger partial charge in [-0.3, -0.25) is 14.7 Å². The lowest BCUT2D eigenvalue weighted by Crippen LogP contribution is -2.31. The molecule has 0 saturated heterocycles. The van der Waals surface area contributed by atoms with E-state index in [1.807, 2.05) is 0 Å². The minimum atomic E-state index is -0.0752. The molecule has 2 atom stereocenters. The van der Waals surface area contributed by atoms with Crippen molar-refractivity contribution in [3.8, 4) is 0 Å². The maximum atomic E-state index is 11.5. The van der Waals surface area contributed by atoms with E-state index in [4.69, 9.17) is 0 Å². The Morgan fingerprint density at radius 2 is 2.28 bits per heavy atom. The number of H-pyrrole nitrogens is 1. The van der Waals surface area contributed by atoms with Crippen LogP contribution in [0.25, 0.3) is 0 Å². The van der Waals surface area contributed by atoms with Crippen LogP contribution in [-0.4, -0.2) is 28.6 Å². The number of aromatic nitrogens is 2. The first kappa shape index (κ1) is 12.6. The van der Waals surface area contributed by atoms with Gasteiger partial charge in [0.2, 0.25) is 11.8 Å². The molecule has 98 valence electrons. The van der Waals surface area contributed by atoms with Gasteiger partial charge < -0.3 is 10.6 Å². The number of aromatic amines is 1. The van der Waals surface area contributed by atoms with E-state index in [1.165, 1.54) is 0 Å². The van der Waals surface area contributed by atoms with Crippen LogP contribution in [0.1, 0.15) is 25.5 Å². The maximum Gasteiger partial charge on any atom is 0.223 e. The summed E-state index contributed by atoms with van der Waals surface area (Å²) in [4.78, 5) is 23.0. The summed E-state index contributed by atoms with van der Waals surface area (Å²) in [5.74, 6) is 0.662. The zero-order valence-electron chi connectivity index (χ0n) is 10.4. The van der Waals surface area contributed by atoms with Gasteiger partial charge in [0, 0.05) is 25.1 Å². The van der Waals surface area contributed by atoms with Crippen LogP contribution in [-0.2, 0) is 16.1 Å². The summed E-state index contributed by atoms with van der Waals surface area (Å²) in [6.45, 7) is 2.89. The van der Waals surface area contributed by atoms with E-state index < -0.39 is 0 Å². The highest BCUT2D eigenvalue weighted by atomic mass is 16.2. The van der Waals surface area contributed by atoms with Crippen LogP contribution >= 0.6 is 0 Å². The fraction of sp³-hybridized carbons (Fsp3) is 0.583. The Morgan fingerprint density at radius 1 is 1.50 bits per heavy atom. The summed E-state index contributed by atoms with van der Waals surface area (Å²) in [6.07, 6.45) is 2.91. The predicted molar refractivity (Wildman–Crippen MR) is 65.3 cm³/mol. The molecule has 18 heavy (non-hydrogen) atoms. The largest absolute Gasteiger partial charge is 0.355 e. The van der Waals surface area contributed by atoms with Crippen molar-refractivity contribution in [3.05, 3.63) is 18.0 Å². The first-order valence-corrected chi connectivity index (χ1v) is 6.19. The molecule has 1 fully saturated rings. The zero-order valence-corrected chi connectivity index (χ0v) is 10.4. The Morgan fingerprint density at radius 3 is 2.89 bits per heavy atom. The number of rotatable bonds is 6. The number of amides is 2. The van der Waals surface area contributed by atoms with Crippen molar-refractivity contribution in [3.63, 3.8) is 0 Å². The molecule has 1 saturated carbocycles. The van der Waals surface area contributed by atoms with E-state index in [1.54, 1.807) is 12.3 Å².